The van der Waals surface area contributed by atoms with Gasteiger partial charge in [-0.05, 0) is 57.2 Å². The molecule has 5 rings (SSSR count). The molecule has 160 valence electrons. The number of anilines is 2. The summed E-state index contributed by atoms with van der Waals surface area (Å²) in [5, 5.41) is 4.54. The van der Waals surface area contributed by atoms with Crippen molar-refractivity contribution in [2.75, 3.05) is 29.4 Å². The van der Waals surface area contributed by atoms with Gasteiger partial charge in [-0.3, -0.25) is 4.79 Å². The Morgan fingerprint density at radius 3 is 2.71 bits per heavy atom. The van der Waals surface area contributed by atoms with Crippen LogP contribution in [0.3, 0.4) is 0 Å². The highest BCUT2D eigenvalue weighted by atomic mass is 16.2. The van der Waals surface area contributed by atoms with Gasteiger partial charge in [0.15, 0.2) is 5.82 Å². The maximum absolute atomic E-state index is 13.5. The van der Waals surface area contributed by atoms with Crippen LogP contribution in [-0.4, -0.2) is 45.3 Å². The van der Waals surface area contributed by atoms with Gasteiger partial charge in [0.2, 0.25) is 5.91 Å². The zero-order valence-corrected chi connectivity index (χ0v) is 18.2. The van der Waals surface area contributed by atoms with Crippen molar-refractivity contribution in [3.63, 3.8) is 0 Å². The van der Waals surface area contributed by atoms with Crippen LogP contribution in [-0.2, 0) is 11.2 Å². The van der Waals surface area contributed by atoms with Crippen LogP contribution in [0.15, 0.2) is 42.7 Å². The summed E-state index contributed by atoms with van der Waals surface area (Å²) in [5.74, 6) is 1.83. The zero-order chi connectivity index (χ0) is 21.4. The minimum absolute atomic E-state index is 0.0213. The normalized spacial score (nSPS) is 18.7. The standard InChI is InChI=1S/C24H28N6O/c1-17-13-18(2)30(27-17)23-14-22(25-16-26-23)28-11-5-9-20(15-28)24(31)29-12-6-8-19-7-3-4-10-21(19)29/h3-4,7,10,13-14,16,20H,5-6,8-9,11-12,15H2,1-2H3. The molecule has 1 fully saturated rings. The topological polar surface area (TPSA) is 67.2 Å². The molecular formula is C24H28N6O. The fourth-order valence-corrected chi connectivity index (χ4v) is 4.86. The van der Waals surface area contributed by atoms with Gasteiger partial charge in [0.25, 0.3) is 0 Å². The Balaban J connectivity index is 1.36. The number of carbonyl (C=O) groups is 1. The van der Waals surface area contributed by atoms with Crippen LogP contribution in [0.2, 0.25) is 0 Å². The second kappa shape index (κ2) is 8.13. The van der Waals surface area contributed by atoms with E-state index in [2.05, 4.69) is 38.2 Å². The SMILES string of the molecule is Cc1cc(C)n(-c2cc(N3CCCC(C(=O)N4CCCc5ccccc54)C3)ncn2)n1. The lowest BCUT2D eigenvalue weighted by Gasteiger charge is -2.37. The van der Waals surface area contributed by atoms with Crippen LogP contribution in [0.1, 0.15) is 36.2 Å². The third kappa shape index (κ3) is 3.80. The number of nitrogens with zero attached hydrogens (tertiary/aromatic N) is 6. The van der Waals surface area contributed by atoms with Gasteiger partial charge >= 0.3 is 0 Å². The minimum Gasteiger partial charge on any atom is -0.356 e. The third-order valence-corrected chi connectivity index (χ3v) is 6.34. The molecule has 1 amide bonds. The fraction of sp³-hybridized carbons (Fsp3) is 0.417. The van der Waals surface area contributed by atoms with E-state index in [1.807, 2.05) is 41.6 Å². The molecular weight excluding hydrogens is 388 g/mol. The summed E-state index contributed by atoms with van der Waals surface area (Å²) in [6, 6.07) is 12.3. The molecule has 4 heterocycles. The molecule has 0 radical (unpaired) electrons. The average molecular weight is 417 g/mol. The Morgan fingerprint density at radius 2 is 1.87 bits per heavy atom. The summed E-state index contributed by atoms with van der Waals surface area (Å²) in [7, 11) is 0. The summed E-state index contributed by atoms with van der Waals surface area (Å²) in [4.78, 5) is 26.6. The molecule has 1 atom stereocenters. The minimum atomic E-state index is -0.0213. The molecule has 1 saturated heterocycles. The second-order valence-corrected chi connectivity index (χ2v) is 8.58. The van der Waals surface area contributed by atoms with Crippen LogP contribution in [0.4, 0.5) is 11.5 Å². The molecule has 0 bridgehead atoms. The van der Waals surface area contributed by atoms with E-state index in [9.17, 15) is 4.79 Å². The number of para-hydroxylation sites is 1. The monoisotopic (exact) mass is 416 g/mol. The summed E-state index contributed by atoms with van der Waals surface area (Å²) < 4.78 is 1.84. The molecule has 1 aromatic carbocycles. The maximum atomic E-state index is 13.5. The molecule has 0 aliphatic carbocycles. The number of amides is 1. The van der Waals surface area contributed by atoms with Crippen LogP contribution in [0.5, 0.6) is 0 Å². The summed E-state index contributed by atoms with van der Waals surface area (Å²) in [6.07, 6.45) is 5.56. The molecule has 7 nitrogen and oxygen atoms in total. The first-order chi connectivity index (χ1) is 15.1. The van der Waals surface area contributed by atoms with E-state index in [0.29, 0.717) is 6.54 Å². The molecule has 31 heavy (non-hydrogen) atoms. The van der Waals surface area contributed by atoms with Gasteiger partial charge in [0, 0.05) is 37.1 Å². The number of benzene rings is 1. The van der Waals surface area contributed by atoms with Crippen LogP contribution in [0, 0.1) is 19.8 Å². The first-order valence-corrected chi connectivity index (χ1v) is 11.1. The Kier molecular flexibility index (Phi) is 5.18. The zero-order valence-electron chi connectivity index (χ0n) is 18.2. The van der Waals surface area contributed by atoms with E-state index >= 15 is 0 Å². The molecule has 0 N–H and O–H groups in total. The smallest absolute Gasteiger partial charge is 0.231 e. The van der Waals surface area contributed by atoms with Crippen molar-refractivity contribution in [2.24, 2.45) is 5.92 Å². The number of hydrogen-bond acceptors (Lipinski definition) is 5. The van der Waals surface area contributed by atoms with Crippen molar-refractivity contribution < 1.29 is 4.79 Å². The van der Waals surface area contributed by atoms with Crippen molar-refractivity contribution in [1.82, 2.24) is 19.7 Å². The fourth-order valence-electron chi connectivity index (χ4n) is 4.86. The first kappa shape index (κ1) is 19.7. The summed E-state index contributed by atoms with van der Waals surface area (Å²) >= 11 is 0. The van der Waals surface area contributed by atoms with Crippen molar-refractivity contribution >= 4 is 17.4 Å². The van der Waals surface area contributed by atoms with Gasteiger partial charge in [-0.2, -0.15) is 5.10 Å². The molecule has 3 aromatic rings. The summed E-state index contributed by atoms with van der Waals surface area (Å²) in [5.41, 5.74) is 4.37. The number of aromatic nitrogens is 4. The van der Waals surface area contributed by atoms with Gasteiger partial charge in [0.1, 0.15) is 12.1 Å². The van der Waals surface area contributed by atoms with E-state index in [1.54, 1.807) is 6.33 Å². The van der Waals surface area contributed by atoms with Crippen molar-refractivity contribution in [3.8, 4) is 5.82 Å². The van der Waals surface area contributed by atoms with Gasteiger partial charge in [-0.1, -0.05) is 18.2 Å². The van der Waals surface area contributed by atoms with Gasteiger partial charge in [-0.25, -0.2) is 14.6 Å². The molecule has 7 heteroatoms. The molecule has 2 aromatic heterocycles. The second-order valence-electron chi connectivity index (χ2n) is 8.58. The molecule has 2 aliphatic rings. The Hall–Kier alpha value is -3.22. The number of carbonyl (C=O) groups excluding carboxylic acids is 1. The number of rotatable bonds is 3. The predicted octanol–water partition coefficient (Wildman–Crippen LogP) is 3.47. The van der Waals surface area contributed by atoms with E-state index in [1.165, 1.54) is 5.56 Å². The number of hydrogen-bond donors (Lipinski definition) is 0. The first-order valence-electron chi connectivity index (χ1n) is 11.1. The number of aryl methyl sites for hydroxylation is 3. The third-order valence-electron chi connectivity index (χ3n) is 6.34. The number of fused-ring (bicyclic) bond motifs is 1. The lowest BCUT2D eigenvalue weighted by atomic mass is 9.94. The quantitative estimate of drug-likeness (QED) is 0.654. The maximum Gasteiger partial charge on any atom is 0.231 e. The molecule has 2 aliphatic heterocycles. The molecule has 0 saturated carbocycles. The lowest BCUT2D eigenvalue weighted by molar-refractivity contribution is -0.122. The largest absolute Gasteiger partial charge is 0.356 e. The molecule has 0 spiro atoms. The average Bonchev–Trinajstić information content (AvgIpc) is 3.16. The van der Waals surface area contributed by atoms with Crippen molar-refractivity contribution in [3.05, 3.63) is 59.7 Å². The lowest BCUT2D eigenvalue weighted by Crippen LogP contribution is -2.46. The van der Waals surface area contributed by atoms with Crippen LogP contribution >= 0.6 is 0 Å². The Labute approximate surface area is 182 Å². The predicted molar refractivity (Wildman–Crippen MR) is 121 cm³/mol. The van der Waals surface area contributed by atoms with E-state index in [4.69, 9.17) is 0 Å². The molecule has 1 unspecified atom stereocenters. The van der Waals surface area contributed by atoms with E-state index < -0.39 is 0 Å². The Morgan fingerprint density at radius 1 is 1.03 bits per heavy atom. The van der Waals surface area contributed by atoms with Gasteiger partial charge in [-0.15, -0.1) is 0 Å². The number of piperidine rings is 1. The van der Waals surface area contributed by atoms with Crippen molar-refractivity contribution in [2.45, 2.75) is 39.5 Å². The van der Waals surface area contributed by atoms with Crippen LogP contribution in [0.25, 0.3) is 5.82 Å². The summed E-state index contributed by atoms with van der Waals surface area (Å²) in [6.45, 7) is 6.39. The van der Waals surface area contributed by atoms with Crippen molar-refractivity contribution in [1.29, 1.82) is 0 Å². The van der Waals surface area contributed by atoms with Gasteiger partial charge < -0.3 is 9.80 Å². The highest BCUT2D eigenvalue weighted by Crippen LogP contribution is 2.31. The van der Waals surface area contributed by atoms with Gasteiger partial charge in [0.05, 0.1) is 11.6 Å². The van der Waals surface area contributed by atoms with E-state index in [-0.39, 0.29) is 11.8 Å². The highest BCUT2D eigenvalue weighted by molar-refractivity contribution is 5.96. The van der Waals surface area contributed by atoms with E-state index in [0.717, 1.165) is 67.5 Å². The van der Waals surface area contributed by atoms with Crippen LogP contribution < -0.4 is 9.80 Å². The highest BCUT2D eigenvalue weighted by Gasteiger charge is 2.32. The Bertz CT molecular complexity index is 1110.